The summed E-state index contributed by atoms with van der Waals surface area (Å²) in [4.78, 5) is 23.5. The van der Waals surface area contributed by atoms with Crippen molar-refractivity contribution in [1.29, 1.82) is 0 Å². The molecule has 0 spiro atoms. The first-order chi connectivity index (χ1) is 11.7. The van der Waals surface area contributed by atoms with Crippen LogP contribution in [-0.4, -0.2) is 29.5 Å². The first kappa shape index (κ1) is 14.9. The first-order valence-corrected chi connectivity index (χ1v) is 8.58. The summed E-state index contributed by atoms with van der Waals surface area (Å²) in [5.74, 6) is 2.24. The SMILES string of the molecule is CCc1nc(Nc2ccc3c(c2)N(C)C(=O)CO3)c2ccsc2n1. The number of likely N-dealkylation sites (N-methyl/N-ethyl adjacent to an activating group) is 1. The zero-order chi connectivity index (χ0) is 16.7. The van der Waals surface area contributed by atoms with Crippen LogP contribution in [0.2, 0.25) is 0 Å². The molecule has 0 radical (unpaired) electrons. The maximum atomic E-state index is 11.8. The maximum Gasteiger partial charge on any atom is 0.264 e. The number of aryl methyl sites for hydroxylation is 1. The lowest BCUT2D eigenvalue weighted by atomic mass is 10.2. The van der Waals surface area contributed by atoms with E-state index in [-0.39, 0.29) is 12.5 Å². The number of ether oxygens (including phenoxy) is 1. The molecule has 0 saturated carbocycles. The standard InChI is InChI=1S/C17H16N4O2S/c1-3-14-19-16(11-6-7-24-17(11)20-14)18-10-4-5-13-12(8-10)21(2)15(22)9-23-13/h4-8H,3,9H2,1-2H3,(H,18,19,20). The smallest absolute Gasteiger partial charge is 0.264 e. The molecule has 0 aliphatic carbocycles. The number of benzene rings is 1. The van der Waals surface area contributed by atoms with Gasteiger partial charge >= 0.3 is 0 Å². The van der Waals surface area contributed by atoms with Gasteiger partial charge in [0.1, 0.15) is 22.2 Å². The minimum atomic E-state index is -0.0600. The van der Waals surface area contributed by atoms with E-state index in [9.17, 15) is 4.79 Å². The number of fused-ring (bicyclic) bond motifs is 2. The molecule has 24 heavy (non-hydrogen) atoms. The van der Waals surface area contributed by atoms with Crippen molar-refractivity contribution >= 4 is 44.7 Å². The highest BCUT2D eigenvalue weighted by atomic mass is 32.1. The van der Waals surface area contributed by atoms with Crippen LogP contribution in [0.15, 0.2) is 29.6 Å². The molecule has 1 aromatic carbocycles. The van der Waals surface area contributed by atoms with Crippen molar-refractivity contribution in [3.05, 3.63) is 35.5 Å². The molecule has 6 nitrogen and oxygen atoms in total. The molecule has 1 amide bonds. The molecule has 0 unspecified atom stereocenters. The fourth-order valence-corrected chi connectivity index (χ4v) is 3.42. The van der Waals surface area contributed by atoms with E-state index in [0.29, 0.717) is 5.75 Å². The van der Waals surface area contributed by atoms with Crippen LogP contribution in [0.25, 0.3) is 10.2 Å². The number of anilines is 3. The summed E-state index contributed by atoms with van der Waals surface area (Å²) in [5, 5.41) is 6.36. The highest BCUT2D eigenvalue weighted by Gasteiger charge is 2.22. The van der Waals surface area contributed by atoms with Crippen LogP contribution < -0.4 is 15.0 Å². The average Bonchev–Trinajstić information content (AvgIpc) is 3.07. The van der Waals surface area contributed by atoms with Crippen molar-refractivity contribution < 1.29 is 9.53 Å². The Balaban J connectivity index is 1.74. The number of nitrogens with zero attached hydrogens (tertiary/aromatic N) is 3. The van der Waals surface area contributed by atoms with Gasteiger partial charge in [0.05, 0.1) is 11.1 Å². The average molecular weight is 340 g/mol. The lowest BCUT2D eigenvalue weighted by Crippen LogP contribution is -2.35. The second kappa shape index (κ2) is 5.76. The van der Waals surface area contributed by atoms with Gasteiger partial charge in [-0.05, 0) is 29.6 Å². The third-order valence-electron chi connectivity index (χ3n) is 4.00. The van der Waals surface area contributed by atoms with Gasteiger partial charge < -0.3 is 15.0 Å². The van der Waals surface area contributed by atoms with Gasteiger partial charge in [-0.25, -0.2) is 9.97 Å². The molecule has 0 saturated heterocycles. The molecule has 122 valence electrons. The number of nitrogens with one attached hydrogen (secondary N) is 1. The van der Waals surface area contributed by atoms with Crippen LogP contribution in [-0.2, 0) is 11.2 Å². The number of carbonyl (C=O) groups is 1. The van der Waals surface area contributed by atoms with Gasteiger partial charge in [-0.15, -0.1) is 11.3 Å². The van der Waals surface area contributed by atoms with E-state index in [1.54, 1.807) is 23.3 Å². The Morgan fingerprint density at radius 1 is 1.33 bits per heavy atom. The number of thiophene rings is 1. The monoisotopic (exact) mass is 340 g/mol. The van der Waals surface area contributed by atoms with Gasteiger partial charge in [0.15, 0.2) is 6.61 Å². The minimum Gasteiger partial charge on any atom is -0.482 e. The van der Waals surface area contributed by atoms with E-state index < -0.39 is 0 Å². The molecular weight excluding hydrogens is 324 g/mol. The molecule has 1 N–H and O–H groups in total. The van der Waals surface area contributed by atoms with Gasteiger partial charge in [0.2, 0.25) is 0 Å². The fraction of sp³-hybridized carbons (Fsp3) is 0.235. The van der Waals surface area contributed by atoms with Crippen molar-refractivity contribution in [3.63, 3.8) is 0 Å². The Bertz CT molecular complexity index is 937. The third-order valence-corrected chi connectivity index (χ3v) is 4.80. The lowest BCUT2D eigenvalue weighted by molar-refractivity contribution is -0.120. The summed E-state index contributed by atoms with van der Waals surface area (Å²) in [7, 11) is 1.75. The second-order valence-electron chi connectivity index (χ2n) is 5.53. The van der Waals surface area contributed by atoms with Crippen LogP contribution in [0.3, 0.4) is 0 Å². The highest BCUT2D eigenvalue weighted by molar-refractivity contribution is 7.16. The van der Waals surface area contributed by atoms with Crippen LogP contribution in [0, 0.1) is 0 Å². The molecule has 3 aromatic rings. The van der Waals surface area contributed by atoms with Crippen molar-refractivity contribution in [2.24, 2.45) is 0 Å². The summed E-state index contributed by atoms with van der Waals surface area (Å²) in [6.07, 6.45) is 0.776. The van der Waals surface area contributed by atoms with E-state index in [0.717, 1.165) is 39.7 Å². The number of rotatable bonds is 3. The van der Waals surface area contributed by atoms with Crippen molar-refractivity contribution in [2.75, 3.05) is 23.9 Å². The number of hydrogen-bond acceptors (Lipinski definition) is 6. The van der Waals surface area contributed by atoms with Crippen LogP contribution in [0.5, 0.6) is 5.75 Å². The molecule has 0 fully saturated rings. The molecule has 2 aromatic heterocycles. The van der Waals surface area contributed by atoms with Crippen LogP contribution in [0.4, 0.5) is 17.2 Å². The Kier molecular flexibility index (Phi) is 3.57. The summed E-state index contributed by atoms with van der Waals surface area (Å²) in [5.41, 5.74) is 1.61. The number of aromatic nitrogens is 2. The lowest BCUT2D eigenvalue weighted by Gasteiger charge is -2.26. The van der Waals surface area contributed by atoms with Gasteiger partial charge in [-0.3, -0.25) is 4.79 Å². The first-order valence-electron chi connectivity index (χ1n) is 7.70. The van der Waals surface area contributed by atoms with E-state index in [2.05, 4.69) is 15.3 Å². The Hall–Kier alpha value is -2.67. The van der Waals surface area contributed by atoms with Gasteiger partial charge in [-0.2, -0.15) is 0 Å². The predicted molar refractivity (Wildman–Crippen MR) is 95.4 cm³/mol. The maximum absolute atomic E-state index is 11.8. The number of amides is 1. The predicted octanol–water partition coefficient (Wildman–Crippen LogP) is 3.35. The highest BCUT2D eigenvalue weighted by Crippen LogP contribution is 2.35. The Labute approximate surface area is 143 Å². The molecule has 1 aliphatic heterocycles. The van der Waals surface area contributed by atoms with Gasteiger partial charge in [0.25, 0.3) is 5.91 Å². The Morgan fingerprint density at radius 2 is 2.21 bits per heavy atom. The van der Waals surface area contributed by atoms with E-state index in [1.165, 1.54) is 0 Å². The summed E-state index contributed by atoms with van der Waals surface area (Å²) in [6.45, 7) is 2.12. The van der Waals surface area contributed by atoms with Crippen molar-refractivity contribution in [3.8, 4) is 5.75 Å². The normalized spacial score (nSPS) is 13.8. The van der Waals surface area contributed by atoms with E-state index in [4.69, 9.17) is 4.74 Å². The van der Waals surface area contributed by atoms with Crippen LogP contribution in [0.1, 0.15) is 12.7 Å². The molecule has 0 bridgehead atoms. The minimum absolute atomic E-state index is 0.0600. The molecule has 0 atom stereocenters. The summed E-state index contributed by atoms with van der Waals surface area (Å²) in [6, 6.07) is 7.71. The largest absolute Gasteiger partial charge is 0.482 e. The van der Waals surface area contributed by atoms with Crippen molar-refractivity contribution in [1.82, 2.24) is 9.97 Å². The third kappa shape index (κ3) is 2.46. The molecule has 4 rings (SSSR count). The molecule has 7 heteroatoms. The zero-order valence-corrected chi connectivity index (χ0v) is 14.2. The fourth-order valence-electron chi connectivity index (χ4n) is 2.64. The van der Waals surface area contributed by atoms with E-state index >= 15 is 0 Å². The van der Waals surface area contributed by atoms with E-state index in [1.807, 2.05) is 36.6 Å². The van der Waals surface area contributed by atoms with Gasteiger partial charge in [0, 0.05) is 19.2 Å². The van der Waals surface area contributed by atoms with Crippen LogP contribution >= 0.6 is 11.3 Å². The Morgan fingerprint density at radius 3 is 3.04 bits per heavy atom. The number of carbonyl (C=O) groups excluding carboxylic acids is 1. The summed E-state index contributed by atoms with van der Waals surface area (Å²) < 4.78 is 5.46. The second-order valence-corrected chi connectivity index (χ2v) is 6.42. The molecular formula is C17H16N4O2S. The van der Waals surface area contributed by atoms with Crippen molar-refractivity contribution in [2.45, 2.75) is 13.3 Å². The summed E-state index contributed by atoms with van der Waals surface area (Å²) >= 11 is 1.60. The van der Waals surface area contributed by atoms with Gasteiger partial charge in [-0.1, -0.05) is 6.92 Å². The number of hydrogen-bond donors (Lipinski definition) is 1. The zero-order valence-electron chi connectivity index (χ0n) is 13.4. The topological polar surface area (TPSA) is 67.4 Å². The molecule has 3 heterocycles. The molecule has 1 aliphatic rings. The quantitative estimate of drug-likeness (QED) is 0.792.